The molecular weight excluding hydrogens is 394 g/mol. The van der Waals surface area contributed by atoms with Gasteiger partial charge in [0, 0.05) is 18.3 Å². The number of fused-ring (bicyclic) bond motifs is 1. The van der Waals surface area contributed by atoms with Crippen LogP contribution >= 0.6 is 23.1 Å². The van der Waals surface area contributed by atoms with Crippen LogP contribution in [0.1, 0.15) is 0 Å². The van der Waals surface area contributed by atoms with Gasteiger partial charge in [-0.2, -0.15) is 4.52 Å². The standard InChI is InChI=1S/C19H15N5O2S2/c1-23(14-10-6-3-7-11-14)15(25)12-27-19-22-24-17(26)16(20-21-18(24)28-19)13-8-4-2-5-9-13/h2-11H,12H2,1H3. The van der Waals surface area contributed by atoms with E-state index in [0.29, 0.717) is 14.9 Å². The quantitative estimate of drug-likeness (QED) is 0.472. The van der Waals surface area contributed by atoms with Crippen molar-refractivity contribution in [2.75, 3.05) is 17.7 Å². The van der Waals surface area contributed by atoms with Crippen LogP contribution < -0.4 is 10.5 Å². The molecule has 0 saturated heterocycles. The molecule has 1 amide bonds. The van der Waals surface area contributed by atoms with Crippen molar-refractivity contribution in [3.05, 3.63) is 71.0 Å². The Bertz CT molecular complexity index is 1180. The van der Waals surface area contributed by atoms with Crippen molar-refractivity contribution >= 4 is 39.7 Å². The van der Waals surface area contributed by atoms with E-state index in [4.69, 9.17) is 0 Å². The molecule has 0 unspecified atom stereocenters. The van der Waals surface area contributed by atoms with Crippen LogP contribution in [0.25, 0.3) is 16.2 Å². The van der Waals surface area contributed by atoms with Crippen molar-refractivity contribution in [2.24, 2.45) is 0 Å². The molecule has 7 nitrogen and oxygen atoms in total. The third kappa shape index (κ3) is 3.67. The van der Waals surface area contributed by atoms with Gasteiger partial charge in [0.05, 0.1) is 5.75 Å². The minimum atomic E-state index is -0.327. The highest BCUT2D eigenvalue weighted by atomic mass is 32.2. The zero-order valence-corrected chi connectivity index (χ0v) is 16.5. The molecule has 0 radical (unpaired) electrons. The van der Waals surface area contributed by atoms with E-state index in [9.17, 15) is 9.59 Å². The lowest BCUT2D eigenvalue weighted by molar-refractivity contribution is -0.115. The van der Waals surface area contributed by atoms with Gasteiger partial charge >= 0.3 is 5.56 Å². The summed E-state index contributed by atoms with van der Waals surface area (Å²) in [4.78, 5) is 27.1. The second-order valence-electron chi connectivity index (χ2n) is 5.86. The third-order valence-corrected chi connectivity index (χ3v) is 6.07. The van der Waals surface area contributed by atoms with E-state index < -0.39 is 0 Å². The molecule has 28 heavy (non-hydrogen) atoms. The number of amides is 1. The van der Waals surface area contributed by atoms with Crippen LogP contribution in [0, 0.1) is 0 Å². The fourth-order valence-corrected chi connectivity index (χ4v) is 4.34. The summed E-state index contributed by atoms with van der Waals surface area (Å²) in [5, 5.41) is 12.5. The van der Waals surface area contributed by atoms with Gasteiger partial charge in [-0.1, -0.05) is 71.6 Å². The van der Waals surface area contributed by atoms with Gasteiger partial charge in [-0.25, -0.2) is 0 Å². The molecule has 9 heteroatoms. The Kier molecular flexibility index (Phi) is 5.18. The minimum Gasteiger partial charge on any atom is -0.315 e. The van der Waals surface area contributed by atoms with E-state index in [2.05, 4.69) is 15.3 Å². The fraction of sp³-hybridized carbons (Fsp3) is 0.105. The number of hydrogen-bond acceptors (Lipinski definition) is 7. The highest BCUT2D eigenvalue weighted by molar-refractivity contribution is 8.01. The van der Waals surface area contributed by atoms with Gasteiger partial charge in [-0.3, -0.25) is 9.59 Å². The highest BCUT2D eigenvalue weighted by Crippen LogP contribution is 2.24. The summed E-state index contributed by atoms with van der Waals surface area (Å²) in [6, 6.07) is 18.6. The number of carbonyl (C=O) groups excluding carboxylic acids is 1. The summed E-state index contributed by atoms with van der Waals surface area (Å²) in [5.74, 6) is 0.151. The van der Waals surface area contributed by atoms with E-state index in [-0.39, 0.29) is 22.9 Å². The molecule has 0 bridgehead atoms. The molecule has 0 aliphatic carbocycles. The van der Waals surface area contributed by atoms with Gasteiger partial charge in [0.15, 0.2) is 10.0 Å². The van der Waals surface area contributed by atoms with Gasteiger partial charge < -0.3 is 4.90 Å². The predicted molar refractivity (Wildman–Crippen MR) is 111 cm³/mol. The van der Waals surface area contributed by atoms with Gasteiger partial charge in [0.2, 0.25) is 10.9 Å². The largest absolute Gasteiger partial charge is 0.315 e. The van der Waals surface area contributed by atoms with Crippen molar-refractivity contribution in [3.63, 3.8) is 0 Å². The Morgan fingerprint density at radius 1 is 1.07 bits per heavy atom. The van der Waals surface area contributed by atoms with Crippen molar-refractivity contribution < 1.29 is 4.79 Å². The van der Waals surface area contributed by atoms with Crippen LogP contribution in [0.5, 0.6) is 0 Å². The van der Waals surface area contributed by atoms with Crippen LogP contribution in [0.3, 0.4) is 0 Å². The van der Waals surface area contributed by atoms with Crippen molar-refractivity contribution in [1.82, 2.24) is 19.8 Å². The number of aromatic nitrogens is 4. The second kappa shape index (κ2) is 7.91. The number of hydrogen-bond donors (Lipinski definition) is 0. The Hall–Kier alpha value is -3.04. The Morgan fingerprint density at radius 2 is 1.75 bits per heavy atom. The average molecular weight is 409 g/mol. The van der Waals surface area contributed by atoms with Crippen LogP contribution in [0.15, 0.2) is 69.8 Å². The van der Waals surface area contributed by atoms with Gasteiger partial charge in [0.1, 0.15) is 0 Å². The fourth-order valence-electron chi connectivity index (χ4n) is 2.55. The first-order chi connectivity index (χ1) is 13.6. The maximum Gasteiger partial charge on any atom is 0.302 e. The molecule has 0 N–H and O–H groups in total. The average Bonchev–Trinajstić information content (AvgIpc) is 3.17. The molecular formula is C19H15N5O2S2. The number of carbonyl (C=O) groups is 1. The topological polar surface area (TPSA) is 80.5 Å². The Labute approximate surface area is 168 Å². The molecule has 2 aromatic heterocycles. The van der Waals surface area contributed by atoms with Gasteiger partial charge in [-0.05, 0) is 12.1 Å². The summed E-state index contributed by atoms with van der Waals surface area (Å²) in [6.45, 7) is 0. The molecule has 4 rings (SSSR count). The molecule has 0 saturated carbocycles. The van der Waals surface area contributed by atoms with Crippen molar-refractivity contribution in [3.8, 4) is 11.3 Å². The van der Waals surface area contributed by atoms with E-state index in [1.807, 2.05) is 48.5 Å². The first kappa shape index (κ1) is 18.3. The number of nitrogens with zero attached hydrogens (tertiary/aromatic N) is 5. The second-order valence-corrected chi connectivity index (χ2v) is 8.04. The molecule has 0 atom stereocenters. The third-order valence-electron chi connectivity index (χ3n) is 4.06. The monoisotopic (exact) mass is 409 g/mol. The zero-order valence-electron chi connectivity index (χ0n) is 14.8. The summed E-state index contributed by atoms with van der Waals surface area (Å²) in [7, 11) is 1.73. The van der Waals surface area contributed by atoms with Crippen LogP contribution in [0.2, 0.25) is 0 Å². The van der Waals surface area contributed by atoms with Crippen LogP contribution in [0.4, 0.5) is 5.69 Å². The Morgan fingerprint density at radius 3 is 2.46 bits per heavy atom. The van der Waals surface area contributed by atoms with E-state index in [1.54, 1.807) is 24.1 Å². The molecule has 140 valence electrons. The lowest BCUT2D eigenvalue weighted by Crippen LogP contribution is -2.27. The normalized spacial score (nSPS) is 10.9. The van der Waals surface area contributed by atoms with E-state index in [1.165, 1.54) is 27.6 Å². The van der Waals surface area contributed by atoms with Crippen LogP contribution in [-0.2, 0) is 4.79 Å². The lowest BCUT2D eigenvalue weighted by atomic mass is 10.2. The number of thioether (sulfide) groups is 1. The molecule has 0 aliphatic rings. The lowest BCUT2D eigenvalue weighted by Gasteiger charge is -2.16. The molecule has 0 fully saturated rings. The smallest absolute Gasteiger partial charge is 0.302 e. The first-order valence-corrected chi connectivity index (χ1v) is 10.2. The molecule has 4 aromatic rings. The summed E-state index contributed by atoms with van der Waals surface area (Å²) in [6.07, 6.45) is 0. The SMILES string of the molecule is CN(C(=O)CSc1nn2c(=O)c(-c3ccccc3)nnc2s1)c1ccccc1. The van der Waals surface area contributed by atoms with Gasteiger partial charge in [0.25, 0.3) is 0 Å². The zero-order chi connectivity index (χ0) is 19.5. The van der Waals surface area contributed by atoms with E-state index in [0.717, 1.165) is 5.69 Å². The van der Waals surface area contributed by atoms with Crippen molar-refractivity contribution in [1.29, 1.82) is 0 Å². The molecule has 2 aromatic carbocycles. The minimum absolute atomic E-state index is 0.0566. The maximum atomic E-state index is 12.7. The van der Waals surface area contributed by atoms with Gasteiger partial charge in [-0.15, -0.1) is 15.3 Å². The number of benzene rings is 2. The first-order valence-electron chi connectivity index (χ1n) is 8.40. The van der Waals surface area contributed by atoms with E-state index >= 15 is 0 Å². The predicted octanol–water partition coefficient (Wildman–Crippen LogP) is 2.97. The molecule has 0 aliphatic heterocycles. The highest BCUT2D eigenvalue weighted by Gasteiger charge is 2.16. The van der Waals surface area contributed by atoms with Crippen LogP contribution in [-0.4, -0.2) is 38.5 Å². The molecule has 0 spiro atoms. The summed E-state index contributed by atoms with van der Waals surface area (Å²) < 4.78 is 1.83. The number of para-hydroxylation sites is 1. The van der Waals surface area contributed by atoms with Crippen molar-refractivity contribution in [2.45, 2.75) is 4.34 Å². The number of anilines is 1. The number of rotatable bonds is 5. The molecule has 2 heterocycles. The Balaban J connectivity index is 1.53. The maximum absolute atomic E-state index is 12.7. The summed E-state index contributed by atoms with van der Waals surface area (Å²) >= 11 is 2.51. The summed E-state index contributed by atoms with van der Waals surface area (Å²) in [5.41, 5.74) is 1.44.